The lowest BCUT2D eigenvalue weighted by atomic mass is 10.1. The van der Waals surface area contributed by atoms with Gasteiger partial charge < -0.3 is 10.1 Å². The fourth-order valence-corrected chi connectivity index (χ4v) is 2.72. The number of carbonyl (C=O) groups is 1. The van der Waals surface area contributed by atoms with Crippen molar-refractivity contribution >= 4 is 29.3 Å². The van der Waals surface area contributed by atoms with Crippen LogP contribution in [0.2, 0.25) is 5.02 Å². The molecule has 4 nitrogen and oxygen atoms in total. The quantitative estimate of drug-likeness (QED) is 0.428. The second-order valence-electron chi connectivity index (χ2n) is 6.12. The Kier molecular flexibility index (Phi) is 6.62. The first kappa shape index (κ1) is 20.1. The molecule has 3 aromatic rings. The summed E-state index contributed by atoms with van der Waals surface area (Å²) in [5, 5.41) is 12.4. The molecular weight excluding hydrogens is 391 g/mol. The van der Waals surface area contributed by atoms with Crippen LogP contribution in [0.5, 0.6) is 5.75 Å². The van der Waals surface area contributed by atoms with Gasteiger partial charge in [-0.1, -0.05) is 41.9 Å². The second-order valence-corrected chi connectivity index (χ2v) is 6.56. The largest absolute Gasteiger partial charge is 0.489 e. The van der Waals surface area contributed by atoms with Crippen molar-refractivity contribution in [3.05, 3.63) is 100 Å². The molecular formula is C23H16ClFN2O2. The Bertz CT molecular complexity index is 1090. The summed E-state index contributed by atoms with van der Waals surface area (Å²) in [7, 11) is 0. The van der Waals surface area contributed by atoms with Gasteiger partial charge in [0.05, 0.1) is 0 Å². The van der Waals surface area contributed by atoms with Gasteiger partial charge in [0.2, 0.25) is 0 Å². The molecule has 29 heavy (non-hydrogen) atoms. The van der Waals surface area contributed by atoms with E-state index in [0.717, 1.165) is 5.56 Å². The molecule has 0 aliphatic heterocycles. The Morgan fingerprint density at radius 3 is 2.55 bits per heavy atom. The first-order chi connectivity index (χ1) is 14.0. The van der Waals surface area contributed by atoms with E-state index in [4.69, 9.17) is 16.3 Å². The lowest BCUT2D eigenvalue weighted by Crippen LogP contribution is -2.13. The number of anilines is 1. The van der Waals surface area contributed by atoms with E-state index >= 15 is 0 Å². The molecule has 0 unspecified atom stereocenters. The minimum atomic E-state index is -0.527. The maximum Gasteiger partial charge on any atom is 0.266 e. The van der Waals surface area contributed by atoms with Crippen molar-refractivity contribution in [3.8, 4) is 11.8 Å². The Morgan fingerprint density at radius 1 is 1.10 bits per heavy atom. The van der Waals surface area contributed by atoms with Crippen LogP contribution in [0.3, 0.4) is 0 Å². The van der Waals surface area contributed by atoms with Crippen LogP contribution >= 0.6 is 11.6 Å². The summed E-state index contributed by atoms with van der Waals surface area (Å²) in [5.41, 5.74) is 1.85. The first-order valence-electron chi connectivity index (χ1n) is 8.69. The lowest BCUT2D eigenvalue weighted by Gasteiger charge is -2.07. The summed E-state index contributed by atoms with van der Waals surface area (Å²) in [6, 6.07) is 21.7. The Hall–Kier alpha value is -3.62. The molecule has 0 aromatic heterocycles. The standard InChI is InChI=1S/C23H16ClFN2O2/c24-19-4-2-6-21(13-19)27-23(28)18(14-26)11-16-7-9-22(10-8-16)29-15-17-3-1-5-20(25)12-17/h1-13H,15H2,(H,27,28)/b18-11+. The number of halogens is 2. The van der Waals surface area contributed by atoms with E-state index < -0.39 is 5.91 Å². The van der Waals surface area contributed by atoms with Crippen molar-refractivity contribution in [1.82, 2.24) is 0 Å². The molecule has 0 saturated heterocycles. The number of nitrogens with zero attached hydrogens (tertiary/aromatic N) is 1. The van der Waals surface area contributed by atoms with Crippen LogP contribution in [0.25, 0.3) is 6.08 Å². The van der Waals surface area contributed by atoms with E-state index in [1.54, 1.807) is 60.7 Å². The van der Waals surface area contributed by atoms with Gasteiger partial charge in [0, 0.05) is 10.7 Å². The zero-order valence-corrected chi connectivity index (χ0v) is 16.0. The van der Waals surface area contributed by atoms with Gasteiger partial charge in [0.1, 0.15) is 29.8 Å². The number of hydrogen-bond donors (Lipinski definition) is 1. The predicted molar refractivity (Wildman–Crippen MR) is 111 cm³/mol. The minimum absolute atomic E-state index is 0.0431. The summed E-state index contributed by atoms with van der Waals surface area (Å²) in [4.78, 5) is 12.3. The number of benzene rings is 3. The summed E-state index contributed by atoms with van der Waals surface area (Å²) in [5.74, 6) is -0.249. The van der Waals surface area contributed by atoms with Crippen LogP contribution in [0.1, 0.15) is 11.1 Å². The molecule has 0 atom stereocenters. The molecule has 3 rings (SSSR count). The molecule has 0 heterocycles. The molecule has 1 amide bonds. The van der Waals surface area contributed by atoms with Crippen LogP contribution in [0.15, 0.2) is 78.4 Å². The third-order valence-electron chi connectivity index (χ3n) is 3.93. The number of amides is 1. The highest BCUT2D eigenvalue weighted by Crippen LogP contribution is 2.18. The topological polar surface area (TPSA) is 62.1 Å². The zero-order valence-electron chi connectivity index (χ0n) is 15.2. The molecule has 0 saturated carbocycles. The molecule has 3 aromatic carbocycles. The number of hydrogen-bond acceptors (Lipinski definition) is 3. The van der Waals surface area contributed by atoms with E-state index in [9.17, 15) is 14.4 Å². The van der Waals surface area contributed by atoms with E-state index in [1.165, 1.54) is 18.2 Å². The molecule has 0 fully saturated rings. The van der Waals surface area contributed by atoms with Crippen molar-refractivity contribution in [3.63, 3.8) is 0 Å². The molecule has 0 radical (unpaired) electrons. The van der Waals surface area contributed by atoms with Crippen molar-refractivity contribution in [2.24, 2.45) is 0 Å². The highest BCUT2D eigenvalue weighted by Gasteiger charge is 2.10. The Labute approximate surface area is 172 Å². The molecule has 0 aliphatic carbocycles. The molecule has 0 bridgehead atoms. The average Bonchev–Trinajstić information content (AvgIpc) is 2.71. The lowest BCUT2D eigenvalue weighted by molar-refractivity contribution is -0.112. The van der Waals surface area contributed by atoms with E-state index in [0.29, 0.717) is 22.0 Å². The average molecular weight is 407 g/mol. The molecule has 0 aliphatic rings. The molecule has 144 valence electrons. The van der Waals surface area contributed by atoms with Crippen LogP contribution in [0, 0.1) is 17.1 Å². The molecule has 6 heteroatoms. The van der Waals surface area contributed by atoms with Gasteiger partial charge >= 0.3 is 0 Å². The highest BCUT2D eigenvalue weighted by atomic mass is 35.5. The van der Waals surface area contributed by atoms with Gasteiger partial charge in [-0.2, -0.15) is 5.26 Å². The summed E-state index contributed by atoms with van der Waals surface area (Å²) < 4.78 is 18.8. The predicted octanol–water partition coefficient (Wildman–Crippen LogP) is 5.60. The molecule has 1 N–H and O–H groups in total. The number of carbonyl (C=O) groups excluding carboxylic acids is 1. The monoisotopic (exact) mass is 406 g/mol. The van der Waals surface area contributed by atoms with Gasteiger partial charge in [0.25, 0.3) is 5.91 Å². The third kappa shape index (κ3) is 5.93. The van der Waals surface area contributed by atoms with Crippen molar-refractivity contribution in [1.29, 1.82) is 5.26 Å². The minimum Gasteiger partial charge on any atom is -0.489 e. The molecule has 0 spiro atoms. The van der Waals surface area contributed by atoms with Gasteiger partial charge in [-0.15, -0.1) is 0 Å². The van der Waals surface area contributed by atoms with Crippen LogP contribution in [-0.2, 0) is 11.4 Å². The van der Waals surface area contributed by atoms with E-state index in [1.807, 2.05) is 6.07 Å². The summed E-state index contributed by atoms with van der Waals surface area (Å²) >= 11 is 5.90. The normalized spacial score (nSPS) is 10.9. The number of rotatable bonds is 6. The number of nitriles is 1. The summed E-state index contributed by atoms with van der Waals surface area (Å²) in [6.07, 6.45) is 1.48. The third-order valence-corrected chi connectivity index (χ3v) is 4.17. The summed E-state index contributed by atoms with van der Waals surface area (Å²) in [6.45, 7) is 0.235. The zero-order chi connectivity index (χ0) is 20.6. The first-order valence-corrected chi connectivity index (χ1v) is 9.07. The van der Waals surface area contributed by atoms with Gasteiger partial charge in [0.15, 0.2) is 0 Å². The maximum atomic E-state index is 13.2. The van der Waals surface area contributed by atoms with E-state index in [2.05, 4.69) is 5.32 Å². The van der Waals surface area contributed by atoms with Crippen molar-refractivity contribution < 1.29 is 13.9 Å². The van der Waals surface area contributed by atoms with Gasteiger partial charge in [-0.05, 0) is 59.7 Å². The maximum absolute atomic E-state index is 13.2. The van der Waals surface area contributed by atoms with Gasteiger partial charge in [-0.25, -0.2) is 4.39 Å². The van der Waals surface area contributed by atoms with Crippen LogP contribution in [-0.4, -0.2) is 5.91 Å². The fourth-order valence-electron chi connectivity index (χ4n) is 2.53. The fraction of sp³-hybridized carbons (Fsp3) is 0.0435. The van der Waals surface area contributed by atoms with Gasteiger partial charge in [-0.3, -0.25) is 4.79 Å². The number of ether oxygens (including phenoxy) is 1. The Balaban J connectivity index is 1.65. The van der Waals surface area contributed by atoms with E-state index in [-0.39, 0.29) is 18.0 Å². The highest BCUT2D eigenvalue weighted by molar-refractivity contribution is 6.31. The number of nitrogens with one attached hydrogen (secondary N) is 1. The SMILES string of the molecule is N#C/C(=C\c1ccc(OCc2cccc(F)c2)cc1)C(=O)Nc1cccc(Cl)c1. The Morgan fingerprint density at radius 2 is 1.86 bits per heavy atom. The van der Waals surface area contributed by atoms with Crippen LogP contribution < -0.4 is 10.1 Å². The van der Waals surface area contributed by atoms with Crippen molar-refractivity contribution in [2.45, 2.75) is 6.61 Å². The smallest absolute Gasteiger partial charge is 0.266 e. The van der Waals surface area contributed by atoms with Crippen LogP contribution in [0.4, 0.5) is 10.1 Å². The second kappa shape index (κ2) is 9.54. The van der Waals surface area contributed by atoms with Crippen molar-refractivity contribution in [2.75, 3.05) is 5.32 Å².